The Morgan fingerprint density at radius 1 is 1.47 bits per heavy atom. The third-order valence-electron chi connectivity index (χ3n) is 3.22. The molecular weight excluding hydrogens is 278 g/mol. The first-order valence-electron chi connectivity index (χ1n) is 5.95. The third-order valence-corrected chi connectivity index (χ3v) is 3.99. The Kier molecular flexibility index (Phi) is 4.24. The minimum Gasteiger partial charge on any atom is -0.497 e. The predicted octanol–water partition coefficient (Wildman–Crippen LogP) is 3.44. The van der Waals surface area contributed by atoms with Crippen LogP contribution in [0.4, 0.5) is 0 Å². The third kappa shape index (κ3) is 3.33. The van der Waals surface area contributed by atoms with Crippen molar-refractivity contribution in [1.29, 1.82) is 0 Å². The Balaban J connectivity index is 2.12. The normalized spacial score (nSPS) is 19.9. The van der Waals surface area contributed by atoms with Crippen molar-refractivity contribution < 1.29 is 4.74 Å². The topological polar surface area (TPSA) is 35.2 Å². The van der Waals surface area contributed by atoms with E-state index in [1.54, 1.807) is 7.11 Å². The second-order valence-corrected chi connectivity index (χ2v) is 5.39. The zero-order chi connectivity index (χ0) is 12.3. The molecule has 1 atom stereocenters. The summed E-state index contributed by atoms with van der Waals surface area (Å²) in [5.41, 5.74) is 8.66. The summed E-state index contributed by atoms with van der Waals surface area (Å²) in [4.78, 5) is 0. The van der Waals surface area contributed by atoms with Crippen LogP contribution in [0.1, 0.15) is 24.8 Å². The fourth-order valence-corrected chi connectivity index (χ4v) is 2.51. The molecule has 1 aromatic carbocycles. The quantitative estimate of drug-likeness (QED) is 0.867. The minimum absolute atomic E-state index is 0.354. The molecule has 0 radical (unpaired) electrons. The highest BCUT2D eigenvalue weighted by atomic mass is 79.9. The van der Waals surface area contributed by atoms with E-state index >= 15 is 0 Å². The van der Waals surface area contributed by atoms with Gasteiger partial charge in [-0.2, -0.15) is 0 Å². The number of methoxy groups -OCH3 is 1. The van der Waals surface area contributed by atoms with E-state index in [0.717, 1.165) is 35.9 Å². The van der Waals surface area contributed by atoms with E-state index in [0.29, 0.717) is 6.04 Å². The molecule has 92 valence electrons. The van der Waals surface area contributed by atoms with Crippen LogP contribution in [0.25, 0.3) is 0 Å². The van der Waals surface area contributed by atoms with Gasteiger partial charge in [-0.05, 0) is 49.4 Å². The van der Waals surface area contributed by atoms with Gasteiger partial charge in [0.1, 0.15) is 5.75 Å². The summed E-state index contributed by atoms with van der Waals surface area (Å²) in [6, 6.07) is 6.47. The fraction of sp³-hybridized carbons (Fsp3) is 0.429. The zero-order valence-corrected chi connectivity index (χ0v) is 11.7. The van der Waals surface area contributed by atoms with E-state index in [1.807, 2.05) is 12.1 Å². The summed E-state index contributed by atoms with van der Waals surface area (Å²) in [6.45, 7) is 0. The van der Waals surface area contributed by atoms with Crippen molar-refractivity contribution in [2.75, 3.05) is 7.11 Å². The first-order valence-corrected chi connectivity index (χ1v) is 6.74. The number of rotatable bonds is 3. The highest BCUT2D eigenvalue weighted by Gasteiger charge is 2.12. The van der Waals surface area contributed by atoms with E-state index < -0.39 is 0 Å². The van der Waals surface area contributed by atoms with Crippen LogP contribution in [0, 0.1) is 0 Å². The monoisotopic (exact) mass is 295 g/mol. The van der Waals surface area contributed by atoms with Crippen molar-refractivity contribution >= 4 is 15.9 Å². The lowest BCUT2D eigenvalue weighted by Gasteiger charge is -2.19. The van der Waals surface area contributed by atoms with Crippen molar-refractivity contribution in [2.45, 2.75) is 31.7 Å². The molecule has 17 heavy (non-hydrogen) atoms. The second kappa shape index (κ2) is 5.69. The molecule has 0 spiro atoms. The maximum Gasteiger partial charge on any atom is 0.119 e. The standard InChI is InChI=1S/C14H18BrNO/c1-17-13-6-7-14(15)11(9-13)8-10-2-4-12(16)5-3-10/h2,6-7,9,12H,3-5,8,16H2,1H3. The van der Waals surface area contributed by atoms with E-state index in [9.17, 15) is 0 Å². The summed E-state index contributed by atoms with van der Waals surface area (Å²) in [5.74, 6) is 0.913. The molecule has 0 aliphatic heterocycles. The van der Waals surface area contributed by atoms with Crippen LogP contribution in [0.5, 0.6) is 5.75 Å². The van der Waals surface area contributed by atoms with Crippen LogP contribution in [0.3, 0.4) is 0 Å². The summed E-state index contributed by atoms with van der Waals surface area (Å²) in [6.07, 6.45) is 6.51. The molecule has 0 amide bonds. The lowest BCUT2D eigenvalue weighted by atomic mass is 9.91. The van der Waals surface area contributed by atoms with E-state index in [2.05, 4.69) is 28.1 Å². The SMILES string of the molecule is COc1ccc(Br)c(CC2=CCC(N)CC2)c1. The van der Waals surface area contributed by atoms with Crippen LogP contribution in [0.2, 0.25) is 0 Å². The van der Waals surface area contributed by atoms with Crippen LogP contribution in [-0.4, -0.2) is 13.2 Å². The molecule has 0 fully saturated rings. The molecule has 1 aliphatic carbocycles. The van der Waals surface area contributed by atoms with Gasteiger partial charge in [0, 0.05) is 10.5 Å². The molecule has 0 bridgehead atoms. The molecule has 0 heterocycles. The summed E-state index contributed by atoms with van der Waals surface area (Å²) in [7, 11) is 1.70. The van der Waals surface area contributed by atoms with Gasteiger partial charge in [-0.25, -0.2) is 0 Å². The first-order chi connectivity index (χ1) is 8.19. The van der Waals surface area contributed by atoms with Crippen molar-refractivity contribution in [3.63, 3.8) is 0 Å². The molecule has 2 rings (SSSR count). The molecule has 2 nitrogen and oxygen atoms in total. The Labute approximate surface area is 111 Å². The highest BCUT2D eigenvalue weighted by Crippen LogP contribution is 2.27. The Bertz CT molecular complexity index is 428. The average molecular weight is 296 g/mol. The van der Waals surface area contributed by atoms with Gasteiger partial charge in [-0.3, -0.25) is 0 Å². The van der Waals surface area contributed by atoms with Crippen molar-refractivity contribution in [1.82, 2.24) is 0 Å². The Morgan fingerprint density at radius 2 is 2.29 bits per heavy atom. The maximum atomic E-state index is 5.89. The van der Waals surface area contributed by atoms with Gasteiger partial charge in [0.05, 0.1) is 7.11 Å². The van der Waals surface area contributed by atoms with Crippen molar-refractivity contribution in [3.05, 3.63) is 39.9 Å². The number of nitrogens with two attached hydrogens (primary N) is 1. The second-order valence-electron chi connectivity index (χ2n) is 4.53. The van der Waals surface area contributed by atoms with E-state index in [-0.39, 0.29) is 0 Å². The van der Waals surface area contributed by atoms with Gasteiger partial charge in [0.25, 0.3) is 0 Å². The molecular formula is C14H18BrNO. The number of ether oxygens (including phenoxy) is 1. The smallest absolute Gasteiger partial charge is 0.119 e. The molecule has 0 aromatic heterocycles. The van der Waals surface area contributed by atoms with Crippen molar-refractivity contribution in [2.24, 2.45) is 5.73 Å². The number of benzene rings is 1. The molecule has 1 aromatic rings. The fourth-order valence-electron chi connectivity index (χ4n) is 2.13. The highest BCUT2D eigenvalue weighted by molar-refractivity contribution is 9.10. The van der Waals surface area contributed by atoms with Crippen LogP contribution < -0.4 is 10.5 Å². The average Bonchev–Trinajstić information content (AvgIpc) is 2.35. The lowest BCUT2D eigenvalue weighted by Crippen LogP contribution is -2.22. The number of allylic oxidation sites excluding steroid dienone is 1. The Morgan fingerprint density at radius 3 is 2.94 bits per heavy atom. The van der Waals surface area contributed by atoms with Crippen molar-refractivity contribution in [3.8, 4) is 5.75 Å². The van der Waals surface area contributed by atoms with Gasteiger partial charge in [0.15, 0.2) is 0 Å². The number of halogens is 1. The van der Waals surface area contributed by atoms with Crippen LogP contribution in [0.15, 0.2) is 34.3 Å². The molecule has 0 saturated heterocycles. The van der Waals surface area contributed by atoms with Gasteiger partial charge >= 0.3 is 0 Å². The van der Waals surface area contributed by atoms with Crippen LogP contribution in [-0.2, 0) is 6.42 Å². The maximum absolute atomic E-state index is 5.89. The number of hydrogen-bond donors (Lipinski definition) is 1. The summed E-state index contributed by atoms with van der Waals surface area (Å²) >= 11 is 3.59. The lowest BCUT2D eigenvalue weighted by molar-refractivity contribution is 0.414. The van der Waals surface area contributed by atoms with Gasteiger partial charge in [-0.15, -0.1) is 0 Å². The van der Waals surface area contributed by atoms with E-state index in [1.165, 1.54) is 11.1 Å². The summed E-state index contributed by atoms with van der Waals surface area (Å²) < 4.78 is 6.40. The van der Waals surface area contributed by atoms with Crippen LogP contribution >= 0.6 is 15.9 Å². The van der Waals surface area contributed by atoms with Gasteiger partial charge in [-0.1, -0.05) is 27.6 Å². The summed E-state index contributed by atoms with van der Waals surface area (Å²) in [5, 5.41) is 0. The van der Waals surface area contributed by atoms with Gasteiger partial charge < -0.3 is 10.5 Å². The molecule has 3 heteroatoms. The number of hydrogen-bond acceptors (Lipinski definition) is 2. The predicted molar refractivity (Wildman–Crippen MR) is 74.3 cm³/mol. The molecule has 0 saturated carbocycles. The molecule has 1 aliphatic rings. The molecule has 2 N–H and O–H groups in total. The first kappa shape index (κ1) is 12.7. The largest absolute Gasteiger partial charge is 0.497 e. The minimum atomic E-state index is 0.354. The Hall–Kier alpha value is -0.800. The van der Waals surface area contributed by atoms with E-state index in [4.69, 9.17) is 10.5 Å². The molecule has 1 unspecified atom stereocenters. The zero-order valence-electron chi connectivity index (χ0n) is 10.1. The van der Waals surface area contributed by atoms with Gasteiger partial charge in [0.2, 0.25) is 0 Å².